The Morgan fingerprint density at radius 1 is 0.863 bits per heavy atom. The lowest BCUT2D eigenvalue weighted by molar-refractivity contribution is -0.383. The molecule has 11 nitrogen and oxygen atoms in total. The average Bonchev–Trinajstić information content (AvgIpc) is 3.60. The summed E-state index contributed by atoms with van der Waals surface area (Å²) in [4.78, 5) is 32.6. The number of nitro benzene ring substituents is 1. The number of para-hydroxylation sites is 1. The van der Waals surface area contributed by atoms with Crippen LogP contribution in [0.25, 0.3) is 27.4 Å². The summed E-state index contributed by atoms with van der Waals surface area (Å²) in [5.74, 6) is -1.78. The van der Waals surface area contributed by atoms with Crippen molar-refractivity contribution in [2.75, 3.05) is 0 Å². The van der Waals surface area contributed by atoms with Crippen LogP contribution in [-0.2, 0) is 30.1 Å². The molecular formula is C37H40Br3N5O6. The number of allylic oxidation sites excluding steroid dienone is 1. The Hall–Kier alpha value is -3.82. The molecule has 0 bridgehead atoms. The maximum Gasteiger partial charge on any atom is 0.320 e. The van der Waals surface area contributed by atoms with Gasteiger partial charge in [0.15, 0.2) is 0 Å². The number of aryl methyl sites for hydroxylation is 3. The normalized spacial score (nSPS) is 14.8. The van der Waals surface area contributed by atoms with Crippen LogP contribution in [0.1, 0.15) is 54.3 Å². The monoisotopic (exact) mass is 887 g/mol. The number of nitrogens with zero attached hydrogens (tertiary/aromatic N) is 3. The number of aliphatic carboxylic acids is 2. The Bertz CT molecular complexity index is 2210. The number of hydrogen-bond donors (Lipinski definition) is 4. The van der Waals surface area contributed by atoms with E-state index in [2.05, 4.69) is 104 Å². The quantitative estimate of drug-likeness (QED) is 0.0928. The van der Waals surface area contributed by atoms with Gasteiger partial charge in [0.2, 0.25) is 0 Å². The molecule has 3 aromatic carbocycles. The number of halogens is 3. The molecule has 0 spiro atoms. The van der Waals surface area contributed by atoms with Crippen molar-refractivity contribution in [2.24, 2.45) is 25.6 Å². The summed E-state index contributed by atoms with van der Waals surface area (Å²) in [7, 11) is 3.87. The number of rotatable bonds is 7. The highest BCUT2D eigenvalue weighted by atomic mass is 79.9. The van der Waals surface area contributed by atoms with E-state index in [1.165, 1.54) is 33.8 Å². The van der Waals surface area contributed by atoms with E-state index >= 15 is 0 Å². The SMILES string of the molecule is CC1=C(CC(N)C(=O)O)c2cccc(Br)c2C1C.Cc1c(CC(N)C(=O)O)c2c([N+](=O)[O-])ccc(Br)c2n1C.Cc1cc2cccc(Br)c2n1C. The van der Waals surface area contributed by atoms with Gasteiger partial charge in [-0.25, -0.2) is 0 Å². The molecule has 6 N–H and O–H groups in total. The van der Waals surface area contributed by atoms with Crippen LogP contribution in [0.3, 0.4) is 0 Å². The van der Waals surface area contributed by atoms with Crippen LogP contribution in [0.2, 0.25) is 0 Å². The van der Waals surface area contributed by atoms with E-state index in [1.54, 1.807) is 24.6 Å². The van der Waals surface area contributed by atoms with Gasteiger partial charge in [0.05, 0.1) is 21.3 Å². The van der Waals surface area contributed by atoms with Crippen LogP contribution in [0.15, 0.2) is 73.6 Å². The van der Waals surface area contributed by atoms with E-state index in [1.807, 2.05) is 18.2 Å². The summed E-state index contributed by atoms with van der Waals surface area (Å²) in [5, 5.41) is 30.9. The molecule has 0 saturated heterocycles. The van der Waals surface area contributed by atoms with E-state index < -0.39 is 28.9 Å². The fraction of sp³-hybridized carbons (Fsp3) is 0.297. The van der Waals surface area contributed by atoms with Gasteiger partial charge in [-0.2, -0.15) is 0 Å². The van der Waals surface area contributed by atoms with E-state index in [9.17, 15) is 19.7 Å². The lowest BCUT2D eigenvalue weighted by Gasteiger charge is -2.10. The van der Waals surface area contributed by atoms with Gasteiger partial charge in [0.1, 0.15) is 12.1 Å². The zero-order chi connectivity index (χ0) is 38.1. The fourth-order valence-corrected chi connectivity index (χ4v) is 8.40. The first kappa shape index (κ1) is 40.0. The number of hydrogen-bond acceptors (Lipinski definition) is 6. The number of non-ortho nitro benzene ring substituents is 1. The number of nitro groups is 1. The first-order valence-corrected chi connectivity index (χ1v) is 18.3. The molecule has 51 heavy (non-hydrogen) atoms. The predicted octanol–water partition coefficient (Wildman–Crippen LogP) is 8.50. The number of carboxylic acids is 2. The number of aromatic nitrogens is 2. The second-order valence-corrected chi connectivity index (χ2v) is 15.1. The standard InChI is InChI=1S/C14H16BrNO2.C13H14BrN3O4.C10H10BrN/c1-7-8(2)13-9(4-3-5-11(13)15)10(7)6-12(16)14(17)18;1-6-7(5-9(15)13(18)19)11-10(17(20)21)4-3-8(14)12(11)16(6)2;1-7-6-8-4-3-5-9(11)10(8)12(7)2/h3-5,8,12H,6,16H2,1-2H3,(H,17,18);3-4,9H,5,15H2,1-2H3,(H,18,19);3-6H,1-2H3. The third kappa shape index (κ3) is 8.15. The highest BCUT2D eigenvalue weighted by molar-refractivity contribution is 9.11. The molecule has 0 radical (unpaired) electrons. The average molecular weight is 890 g/mol. The molecule has 1 aliphatic rings. The molecule has 270 valence electrons. The van der Waals surface area contributed by atoms with Gasteiger partial charge in [-0.3, -0.25) is 19.7 Å². The molecule has 3 atom stereocenters. The number of nitrogens with two attached hydrogens (primary N) is 2. The third-order valence-electron chi connectivity index (χ3n) is 9.55. The van der Waals surface area contributed by atoms with Crippen molar-refractivity contribution >= 4 is 92.8 Å². The summed E-state index contributed by atoms with van der Waals surface area (Å²) in [6.07, 6.45) is 0.421. The Morgan fingerprint density at radius 3 is 2.02 bits per heavy atom. The zero-order valence-corrected chi connectivity index (χ0v) is 33.8. The van der Waals surface area contributed by atoms with Gasteiger partial charge >= 0.3 is 11.9 Å². The number of fused-ring (bicyclic) bond motifs is 3. The molecule has 2 heterocycles. The molecule has 0 fully saturated rings. The van der Waals surface area contributed by atoms with Gasteiger partial charge in [0, 0.05) is 62.7 Å². The van der Waals surface area contributed by atoms with Crippen LogP contribution in [0.5, 0.6) is 0 Å². The molecular weight excluding hydrogens is 850 g/mol. The fourth-order valence-electron chi connectivity index (χ4n) is 6.45. The number of carboxylic acid groups (broad SMARTS) is 2. The lowest BCUT2D eigenvalue weighted by atomic mass is 9.99. The van der Waals surface area contributed by atoms with Crippen LogP contribution in [0, 0.1) is 24.0 Å². The van der Waals surface area contributed by atoms with Crippen molar-refractivity contribution < 1.29 is 24.7 Å². The minimum Gasteiger partial charge on any atom is -0.480 e. The summed E-state index contributed by atoms with van der Waals surface area (Å²) in [6, 6.07) is 15.6. The third-order valence-corrected chi connectivity index (χ3v) is 11.5. The smallest absolute Gasteiger partial charge is 0.320 e. The van der Waals surface area contributed by atoms with Gasteiger partial charge in [0.25, 0.3) is 5.69 Å². The Morgan fingerprint density at radius 2 is 1.43 bits per heavy atom. The van der Waals surface area contributed by atoms with Crippen molar-refractivity contribution in [1.82, 2.24) is 9.13 Å². The number of carbonyl (C=O) groups is 2. The van der Waals surface area contributed by atoms with E-state index in [0.717, 1.165) is 25.8 Å². The Kier molecular flexibility index (Phi) is 12.7. The van der Waals surface area contributed by atoms with Gasteiger partial charge in [-0.15, -0.1) is 0 Å². The largest absolute Gasteiger partial charge is 0.480 e. The number of benzene rings is 3. The van der Waals surface area contributed by atoms with Crippen molar-refractivity contribution in [3.8, 4) is 0 Å². The van der Waals surface area contributed by atoms with E-state index in [0.29, 0.717) is 33.3 Å². The van der Waals surface area contributed by atoms with E-state index in [4.69, 9.17) is 21.7 Å². The van der Waals surface area contributed by atoms with Gasteiger partial charge in [-0.05, 0) is 106 Å². The highest BCUT2D eigenvalue weighted by Gasteiger charge is 2.29. The molecule has 1 aliphatic carbocycles. The van der Waals surface area contributed by atoms with E-state index in [-0.39, 0.29) is 12.1 Å². The molecule has 0 amide bonds. The van der Waals surface area contributed by atoms with Crippen molar-refractivity contribution in [3.05, 3.63) is 112 Å². The maximum absolute atomic E-state index is 11.3. The van der Waals surface area contributed by atoms with Gasteiger partial charge < -0.3 is 30.8 Å². The van der Waals surface area contributed by atoms with Crippen LogP contribution in [0.4, 0.5) is 5.69 Å². The van der Waals surface area contributed by atoms with Crippen molar-refractivity contribution in [1.29, 1.82) is 0 Å². The highest BCUT2D eigenvalue weighted by Crippen LogP contribution is 2.46. The predicted molar refractivity (Wildman–Crippen MR) is 212 cm³/mol. The Labute approximate surface area is 320 Å². The first-order valence-electron chi connectivity index (χ1n) is 15.9. The summed E-state index contributed by atoms with van der Waals surface area (Å²) in [5.41, 5.74) is 20.4. The molecule has 3 unspecified atom stereocenters. The van der Waals surface area contributed by atoms with Gasteiger partial charge in [-0.1, -0.05) is 52.7 Å². The van der Waals surface area contributed by atoms with Crippen LogP contribution in [-0.4, -0.2) is 48.3 Å². The minimum atomic E-state index is -1.14. The minimum absolute atomic E-state index is 0.0375. The molecule has 14 heteroatoms. The Balaban J connectivity index is 0.000000177. The van der Waals surface area contributed by atoms with Crippen molar-refractivity contribution in [3.63, 3.8) is 0 Å². The summed E-state index contributed by atoms with van der Waals surface area (Å²) in [6.45, 7) is 8.10. The topological polar surface area (TPSA) is 180 Å². The van der Waals surface area contributed by atoms with Crippen LogP contribution < -0.4 is 11.5 Å². The zero-order valence-electron chi connectivity index (χ0n) is 29.0. The maximum atomic E-state index is 11.3. The molecule has 5 aromatic rings. The molecule has 6 rings (SSSR count). The summed E-state index contributed by atoms with van der Waals surface area (Å²) < 4.78 is 6.95. The molecule has 0 saturated carbocycles. The second-order valence-electron chi connectivity index (χ2n) is 12.6. The van der Waals surface area contributed by atoms with Crippen molar-refractivity contribution in [2.45, 2.75) is 58.5 Å². The first-order chi connectivity index (χ1) is 23.9. The summed E-state index contributed by atoms with van der Waals surface area (Å²) >= 11 is 10.5. The molecule has 0 aliphatic heterocycles. The molecule has 2 aromatic heterocycles. The van der Waals surface area contributed by atoms with Crippen LogP contribution >= 0.6 is 47.8 Å². The lowest BCUT2D eigenvalue weighted by Crippen LogP contribution is -2.32. The second kappa shape index (κ2) is 16.2.